The van der Waals surface area contributed by atoms with Crippen LogP contribution in [0.25, 0.3) is 0 Å². The minimum absolute atomic E-state index is 0.982. The van der Waals surface area contributed by atoms with Crippen LogP contribution in [-0.4, -0.2) is 14.9 Å². The zero-order valence-electron chi connectivity index (χ0n) is 8.44. The van der Waals surface area contributed by atoms with Crippen LogP contribution in [0, 0.1) is 0 Å². The highest BCUT2D eigenvalue weighted by atomic mass is 28.4. The Bertz CT molecular complexity index is 91.6. The maximum atomic E-state index is 5.85. The topological polar surface area (TPSA) is 9.23 Å². The highest BCUT2D eigenvalue weighted by Gasteiger charge is 2.19. The van der Waals surface area contributed by atoms with E-state index in [1.54, 1.807) is 0 Å². The van der Waals surface area contributed by atoms with Crippen LogP contribution in [0.4, 0.5) is 0 Å². The molecule has 2 heteroatoms. The first-order valence-electron chi connectivity index (χ1n) is 4.76. The molecule has 0 saturated heterocycles. The summed E-state index contributed by atoms with van der Waals surface area (Å²) < 4.78 is 5.85. The maximum absolute atomic E-state index is 5.85. The van der Waals surface area contributed by atoms with Gasteiger partial charge in [-0.15, -0.1) is 0 Å². The smallest absolute Gasteiger partial charge is 0.186 e. The lowest BCUT2D eigenvalue weighted by Gasteiger charge is -2.21. The van der Waals surface area contributed by atoms with E-state index in [1.165, 1.54) is 25.3 Å². The van der Waals surface area contributed by atoms with E-state index in [9.17, 15) is 0 Å². The fraction of sp³-hybridized carbons (Fsp3) is 1.00. The molecule has 0 unspecified atom stereocenters. The van der Waals surface area contributed by atoms with Crippen molar-refractivity contribution < 1.29 is 4.43 Å². The highest BCUT2D eigenvalue weighted by Crippen LogP contribution is 2.13. The first kappa shape index (κ1) is 11.2. The van der Waals surface area contributed by atoms with Crippen LogP contribution in [-0.2, 0) is 4.43 Å². The average Bonchev–Trinajstić information content (AvgIpc) is 1.87. The molecular weight excluding hydrogens is 152 g/mol. The van der Waals surface area contributed by atoms with Gasteiger partial charge in [0.1, 0.15) is 0 Å². The van der Waals surface area contributed by atoms with E-state index in [1.807, 2.05) is 0 Å². The maximum Gasteiger partial charge on any atom is 0.186 e. The molecule has 0 aliphatic carbocycles. The van der Waals surface area contributed by atoms with Crippen LogP contribution < -0.4 is 0 Å². The summed E-state index contributed by atoms with van der Waals surface area (Å²) in [5.41, 5.74) is 0. The molecule has 68 valence electrons. The minimum Gasteiger partial charge on any atom is -0.417 e. The summed E-state index contributed by atoms with van der Waals surface area (Å²) in [4.78, 5) is 0. The van der Waals surface area contributed by atoms with Gasteiger partial charge in [-0.2, -0.15) is 0 Å². The quantitative estimate of drug-likeness (QED) is 0.443. The van der Waals surface area contributed by atoms with Crippen molar-refractivity contribution in [3.63, 3.8) is 0 Å². The van der Waals surface area contributed by atoms with Crippen molar-refractivity contribution in [3.05, 3.63) is 0 Å². The van der Waals surface area contributed by atoms with Crippen LogP contribution in [0.3, 0.4) is 0 Å². The van der Waals surface area contributed by atoms with Gasteiger partial charge in [0.2, 0.25) is 0 Å². The van der Waals surface area contributed by atoms with Crippen molar-refractivity contribution in [2.75, 3.05) is 6.61 Å². The number of hydrogen-bond donors (Lipinski definition) is 0. The van der Waals surface area contributed by atoms with Gasteiger partial charge in [0.25, 0.3) is 0 Å². The zero-order chi connectivity index (χ0) is 8.74. The zero-order valence-corrected chi connectivity index (χ0v) is 9.44. The third kappa shape index (κ3) is 6.57. The van der Waals surface area contributed by atoms with Crippen LogP contribution in [0.2, 0.25) is 19.1 Å². The summed E-state index contributed by atoms with van der Waals surface area (Å²) in [5.74, 6) is 0. The van der Waals surface area contributed by atoms with Crippen molar-refractivity contribution in [1.29, 1.82) is 0 Å². The summed E-state index contributed by atoms with van der Waals surface area (Å²) in [6.45, 7) is 10.0. The van der Waals surface area contributed by atoms with E-state index in [-0.39, 0.29) is 0 Å². The Balaban J connectivity index is 3.38. The lowest BCUT2D eigenvalue weighted by atomic mass is 10.4. The Morgan fingerprint density at radius 2 is 1.73 bits per heavy atom. The van der Waals surface area contributed by atoms with Crippen molar-refractivity contribution in [1.82, 2.24) is 0 Å². The van der Waals surface area contributed by atoms with Gasteiger partial charge in [0.15, 0.2) is 8.32 Å². The highest BCUT2D eigenvalue weighted by molar-refractivity contribution is 6.71. The van der Waals surface area contributed by atoms with Crippen LogP contribution in [0.5, 0.6) is 0 Å². The number of unbranched alkanes of at least 4 members (excludes halogenated alkanes) is 1. The summed E-state index contributed by atoms with van der Waals surface area (Å²) in [6, 6.07) is 1.30. The predicted molar refractivity (Wildman–Crippen MR) is 53.4 cm³/mol. The Labute approximate surface area is 72.3 Å². The minimum atomic E-state index is -1.24. The van der Waals surface area contributed by atoms with Gasteiger partial charge in [-0.05, 0) is 25.6 Å². The molecular formula is C9H22OSi. The molecule has 0 N–H and O–H groups in total. The monoisotopic (exact) mass is 174 g/mol. The molecule has 0 atom stereocenters. The molecule has 11 heavy (non-hydrogen) atoms. The van der Waals surface area contributed by atoms with Gasteiger partial charge < -0.3 is 4.43 Å². The summed E-state index contributed by atoms with van der Waals surface area (Å²) in [7, 11) is -1.24. The van der Waals surface area contributed by atoms with Crippen molar-refractivity contribution in [2.45, 2.75) is 52.2 Å². The van der Waals surface area contributed by atoms with E-state index >= 15 is 0 Å². The molecule has 0 aromatic heterocycles. The molecule has 0 saturated carbocycles. The van der Waals surface area contributed by atoms with Gasteiger partial charge in [-0.3, -0.25) is 0 Å². The van der Waals surface area contributed by atoms with Gasteiger partial charge >= 0.3 is 0 Å². The third-order valence-electron chi connectivity index (χ3n) is 1.84. The molecule has 0 bridgehead atoms. The average molecular weight is 174 g/mol. The third-order valence-corrected chi connectivity index (χ3v) is 4.53. The number of rotatable bonds is 6. The first-order valence-corrected chi connectivity index (χ1v) is 7.88. The fourth-order valence-corrected chi connectivity index (χ4v) is 3.21. The lowest BCUT2D eigenvalue weighted by Crippen LogP contribution is -2.30. The largest absolute Gasteiger partial charge is 0.417 e. The molecule has 0 aliphatic rings. The second-order valence-electron chi connectivity index (χ2n) is 3.71. The molecule has 0 spiro atoms. The molecule has 0 heterocycles. The van der Waals surface area contributed by atoms with Crippen LogP contribution in [0.1, 0.15) is 33.1 Å². The van der Waals surface area contributed by atoms with Crippen molar-refractivity contribution >= 4 is 8.32 Å². The Morgan fingerprint density at radius 1 is 1.09 bits per heavy atom. The molecule has 0 fully saturated rings. The van der Waals surface area contributed by atoms with Crippen molar-refractivity contribution in [3.8, 4) is 0 Å². The summed E-state index contributed by atoms with van der Waals surface area (Å²) >= 11 is 0. The first-order chi connectivity index (χ1) is 5.12. The van der Waals surface area contributed by atoms with Crippen LogP contribution in [0.15, 0.2) is 0 Å². The van der Waals surface area contributed by atoms with Gasteiger partial charge in [-0.25, -0.2) is 0 Å². The normalized spacial score (nSPS) is 12.0. The van der Waals surface area contributed by atoms with E-state index in [0.29, 0.717) is 0 Å². The summed E-state index contributed by atoms with van der Waals surface area (Å²) in [6.07, 6.45) is 3.74. The molecule has 1 nitrogen and oxygen atoms in total. The Kier molecular flexibility index (Phi) is 5.87. The van der Waals surface area contributed by atoms with Gasteiger partial charge in [0.05, 0.1) is 0 Å². The van der Waals surface area contributed by atoms with E-state index < -0.39 is 8.32 Å². The van der Waals surface area contributed by atoms with Crippen LogP contribution >= 0.6 is 0 Å². The summed E-state index contributed by atoms with van der Waals surface area (Å²) in [5, 5.41) is 0. The van der Waals surface area contributed by atoms with E-state index in [2.05, 4.69) is 26.9 Å². The second kappa shape index (κ2) is 5.78. The fourth-order valence-electron chi connectivity index (χ4n) is 1.17. The SMILES string of the molecule is CCCCO[Si](C)(C)CCC. The molecule has 0 radical (unpaired) electrons. The number of hydrogen-bond acceptors (Lipinski definition) is 1. The Hall–Kier alpha value is 0.177. The molecule has 0 rings (SSSR count). The van der Waals surface area contributed by atoms with Gasteiger partial charge in [0, 0.05) is 6.61 Å². The van der Waals surface area contributed by atoms with Gasteiger partial charge in [-0.1, -0.05) is 26.7 Å². The molecule has 0 amide bonds. The molecule has 0 aromatic carbocycles. The van der Waals surface area contributed by atoms with E-state index in [4.69, 9.17) is 4.43 Å². The predicted octanol–water partition coefficient (Wildman–Crippen LogP) is 3.42. The molecule has 0 aliphatic heterocycles. The second-order valence-corrected chi connectivity index (χ2v) is 8.02. The standard InChI is InChI=1S/C9H22OSi/c1-5-7-8-10-11(3,4)9-6-2/h5-9H2,1-4H3. The molecule has 0 aromatic rings. The van der Waals surface area contributed by atoms with Crippen molar-refractivity contribution in [2.24, 2.45) is 0 Å². The Morgan fingerprint density at radius 3 is 2.18 bits per heavy atom. The van der Waals surface area contributed by atoms with E-state index in [0.717, 1.165) is 6.61 Å². The lowest BCUT2D eigenvalue weighted by molar-refractivity contribution is 0.298.